The minimum Gasteiger partial charge on any atom is -0.445 e. The first kappa shape index (κ1) is 21.3. The number of aldehydes is 1. The standard InChI is InChI=1S/C24H35N3O3/c28-18-20-6-12-25(13-7-20)22-8-14-26(15-9-22)23-10-16-27(17-11-23)24(29)30-19-21-4-2-1-3-5-21/h1-5,18,20,22-23H,6-17,19H2. The third-order valence-electron chi connectivity index (χ3n) is 7.23. The maximum Gasteiger partial charge on any atom is 0.410 e. The maximum absolute atomic E-state index is 12.4. The molecule has 0 N–H and O–H groups in total. The van der Waals surface area contributed by atoms with Gasteiger partial charge in [0.25, 0.3) is 0 Å². The van der Waals surface area contributed by atoms with Crippen LogP contribution in [0.15, 0.2) is 30.3 Å². The number of benzene rings is 1. The van der Waals surface area contributed by atoms with Gasteiger partial charge >= 0.3 is 6.09 Å². The fraction of sp³-hybridized carbons (Fsp3) is 0.667. The van der Waals surface area contributed by atoms with E-state index in [1.807, 2.05) is 35.2 Å². The van der Waals surface area contributed by atoms with E-state index in [9.17, 15) is 9.59 Å². The lowest BCUT2D eigenvalue weighted by Gasteiger charge is -2.45. The lowest BCUT2D eigenvalue weighted by atomic mass is 9.93. The van der Waals surface area contributed by atoms with Crippen LogP contribution in [-0.2, 0) is 16.1 Å². The van der Waals surface area contributed by atoms with Gasteiger partial charge in [-0.3, -0.25) is 0 Å². The van der Waals surface area contributed by atoms with Crippen LogP contribution < -0.4 is 0 Å². The van der Waals surface area contributed by atoms with Crippen molar-refractivity contribution in [3.63, 3.8) is 0 Å². The van der Waals surface area contributed by atoms with E-state index in [0.717, 1.165) is 76.8 Å². The predicted octanol–water partition coefficient (Wildman–Crippen LogP) is 3.16. The zero-order valence-corrected chi connectivity index (χ0v) is 18.0. The Morgan fingerprint density at radius 2 is 1.37 bits per heavy atom. The van der Waals surface area contributed by atoms with Gasteiger partial charge in [0.2, 0.25) is 0 Å². The van der Waals surface area contributed by atoms with Gasteiger partial charge in [-0.15, -0.1) is 0 Å². The first-order valence-electron chi connectivity index (χ1n) is 11.6. The summed E-state index contributed by atoms with van der Waals surface area (Å²) in [6, 6.07) is 11.1. The molecule has 3 aliphatic heterocycles. The molecule has 6 heteroatoms. The molecule has 4 rings (SSSR count). The average molecular weight is 414 g/mol. The van der Waals surface area contributed by atoms with Gasteiger partial charge in [0.05, 0.1) is 0 Å². The van der Waals surface area contributed by atoms with Crippen molar-refractivity contribution < 1.29 is 14.3 Å². The van der Waals surface area contributed by atoms with Crippen molar-refractivity contribution in [2.75, 3.05) is 39.3 Å². The molecule has 6 nitrogen and oxygen atoms in total. The number of carbonyl (C=O) groups is 2. The van der Waals surface area contributed by atoms with Crippen molar-refractivity contribution in [3.05, 3.63) is 35.9 Å². The van der Waals surface area contributed by atoms with E-state index in [-0.39, 0.29) is 12.0 Å². The smallest absolute Gasteiger partial charge is 0.410 e. The van der Waals surface area contributed by atoms with Gasteiger partial charge in [0.1, 0.15) is 12.9 Å². The van der Waals surface area contributed by atoms with E-state index in [1.54, 1.807) is 0 Å². The highest BCUT2D eigenvalue weighted by molar-refractivity contribution is 5.67. The van der Waals surface area contributed by atoms with E-state index in [1.165, 1.54) is 12.8 Å². The van der Waals surface area contributed by atoms with E-state index in [2.05, 4.69) is 9.80 Å². The quantitative estimate of drug-likeness (QED) is 0.694. The van der Waals surface area contributed by atoms with Gasteiger partial charge in [-0.1, -0.05) is 30.3 Å². The van der Waals surface area contributed by atoms with Crippen LogP contribution in [0.1, 0.15) is 44.1 Å². The van der Waals surface area contributed by atoms with E-state index < -0.39 is 0 Å². The molecule has 3 fully saturated rings. The molecule has 0 aromatic heterocycles. The van der Waals surface area contributed by atoms with Crippen molar-refractivity contribution in [2.45, 2.75) is 57.2 Å². The Labute approximate surface area is 180 Å². The second-order valence-electron chi connectivity index (χ2n) is 9.04. The fourth-order valence-electron chi connectivity index (χ4n) is 5.26. The topological polar surface area (TPSA) is 53.1 Å². The van der Waals surface area contributed by atoms with Crippen LogP contribution >= 0.6 is 0 Å². The lowest BCUT2D eigenvalue weighted by molar-refractivity contribution is -0.112. The summed E-state index contributed by atoms with van der Waals surface area (Å²) in [6.07, 6.45) is 7.55. The summed E-state index contributed by atoms with van der Waals surface area (Å²) in [7, 11) is 0. The molecule has 0 unspecified atom stereocenters. The number of nitrogens with zero attached hydrogens (tertiary/aromatic N) is 3. The molecule has 0 radical (unpaired) electrons. The third-order valence-corrected chi connectivity index (χ3v) is 7.23. The van der Waals surface area contributed by atoms with Crippen molar-refractivity contribution in [1.82, 2.24) is 14.7 Å². The summed E-state index contributed by atoms with van der Waals surface area (Å²) in [5, 5.41) is 0. The van der Waals surface area contributed by atoms with E-state index in [4.69, 9.17) is 4.74 Å². The van der Waals surface area contributed by atoms with Gasteiger partial charge in [-0.25, -0.2) is 4.79 Å². The minimum absolute atomic E-state index is 0.185. The molecule has 0 atom stereocenters. The highest BCUT2D eigenvalue weighted by atomic mass is 16.6. The number of hydrogen-bond acceptors (Lipinski definition) is 5. The zero-order valence-electron chi connectivity index (χ0n) is 18.0. The van der Waals surface area contributed by atoms with Gasteiger partial charge in [-0.2, -0.15) is 0 Å². The lowest BCUT2D eigenvalue weighted by Crippen LogP contribution is -2.52. The largest absolute Gasteiger partial charge is 0.445 e. The molecule has 0 aliphatic carbocycles. The predicted molar refractivity (Wildman–Crippen MR) is 116 cm³/mol. The first-order chi connectivity index (χ1) is 14.7. The zero-order chi connectivity index (χ0) is 20.8. The fourth-order valence-corrected chi connectivity index (χ4v) is 5.26. The molecule has 30 heavy (non-hydrogen) atoms. The maximum atomic E-state index is 12.4. The van der Waals surface area contributed by atoms with Crippen molar-refractivity contribution in [1.29, 1.82) is 0 Å². The average Bonchev–Trinajstić information content (AvgIpc) is 2.83. The summed E-state index contributed by atoms with van der Waals surface area (Å²) in [5.74, 6) is 0.283. The third kappa shape index (κ3) is 5.41. The number of rotatable bonds is 5. The van der Waals surface area contributed by atoms with Crippen LogP contribution in [0.4, 0.5) is 4.79 Å². The number of carbonyl (C=O) groups excluding carboxylic acids is 2. The normalized spacial score (nSPS) is 23.4. The summed E-state index contributed by atoms with van der Waals surface area (Å²) < 4.78 is 5.49. The Morgan fingerprint density at radius 3 is 1.93 bits per heavy atom. The summed E-state index contributed by atoms with van der Waals surface area (Å²) in [6.45, 7) is 6.39. The second-order valence-corrected chi connectivity index (χ2v) is 9.04. The van der Waals surface area contributed by atoms with Gasteiger partial charge in [0, 0.05) is 31.1 Å². The van der Waals surface area contributed by atoms with Crippen molar-refractivity contribution in [3.8, 4) is 0 Å². The van der Waals surface area contributed by atoms with Gasteiger partial charge < -0.3 is 24.2 Å². The van der Waals surface area contributed by atoms with Gasteiger partial charge in [-0.05, 0) is 70.3 Å². The second kappa shape index (κ2) is 10.4. The van der Waals surface area contributed by atoms with Crippen molar-refractivity contribution >= 4 is 12.4 Å². The number of ether oxygens (including phenoxy) is 1. The van der Waals surface area contributed by atoms with Crippen LogP contribution in [0.2, 0.25) is 0 Å². The molecule has 3 saturated heterocycles. The molecule has 3 heterocycles. The Bertz CT molecular complexity index is 674. The molecule has 3 aliphatic rings. The van der Waals surface area contributed by atoms with E-state index >= 15 is 0 Å². The van der Waals surface area contributed by atoms with Crippen LogP contribution in [0.3, 0.4) is 0 Å². The Morgan fingerprint density at radius 1 is 0.833 bits per heavy atom. The number of hydrogen-bond donors (Lipinski definition) is 0. The van der Waals surface area contributed by atoms with Crippen molar-refractivity contribution in [2.24, 2.45) is 5.92 Å². The number of piperidine rings is 3. The molecule has 0 spiro atoms. The molecule has 1 aromatic carbocycles. The summed E-state index contributed by atoms with van der Waals surface area (Å²) >= 11 is 0. The molecule has 0 bridgehead atoms. The number of likely N-dealkylation sites (tertiary alicyclic amines) is 3. The first-order valence-corrected chi connectivity index (χ1v) is 11.6. The van der Waals surface area contributed by atoms with Crippen LogP contribution in [0.5, 0.6) is 0 Å². The Hall–Kier alpha value is -1.92. The molecule has 1 amide bonds. The molecular weight excluding hydrogens is 378 g/mol. The molecular formula is C24H35N3O3. The molecule has 0 saturated carbocycles. The van der Waals surface area contributed by atoms with Crippen LogP contribution in [-0.4, -0.2) is 78.4 Å². The van der Waals surface area contributed by atoms with Crippen LogP contribution in [0, 0.1) is 5.92 Å². The van der Waals surface area contributed by atoms with Gasteiger partial charge in [0.15, 0.2) is 0 Å². The Balaban J connectivity index is 1.15. The summed E-state index contributed by atoms with van der Waals surface area (Å²) in [4.78, 5) is 30.5. The van der Waals surface area contributed by atoms with E-state index in [0.29, 0.717) is 18.7 Å². The SMILES string of the molecule is O=CC1CCN(C2CCN(C3CCN(C(=O)OCc4ccccc4)CC3)CC2)CC1. The summed E-state index contributed by atoms with van der Waals surface area (Å²) in [5.41, 5.74) is 1.03. The Kier molecular flexibility index (Phi) is 7.39. The highest BCUT2D eigenvalue weighted by Gasteiger charge is 2.32. The molecule has 164 valence electrons. The monoisotopic (exact) mass is 413 g/mol. The minimum atomic E-state index is -0.185. The van der Waals surface area contributed by atoms with Crippen LogP contribution in [0.25, 0.3) is 0 Å². The highest BCUT2D eigenvalue weighted by Crippen LogP contribution is 2.26. The molecule has 1 aromatic rings. The number of amides is 1.